The number of anilines is 2. The van der Waals surface area contributed by atoms with E-state index >= 15 is 0 Å². The number of hydrogen-bond acceptors (Lipinski definition) is 6. The molecule has 1 aromatic heterocycles. The van der Waals surface area contributed by atoms with Crippen molar-refractivity contribution in [3.8, 4) is 0 Å². The van der Waals surface area contributed by atoms with Crippen molar-refractivity contribution in [1.82, 2.24) is 14.9 Å². The second kappa shape index (κ2) is 6.84. The molecule has 0 saturated carbocycles. The van der Waals surface area contributed by atoms with Crippen LogP contribution < -0.4 is 9.80 Å². The number of carbonyl (C=O) groups excluding carboxylic acids is 2. The molecule has 0 radical (unpaired) electrons. The second-order valence-electron chi connectivity index (χ2n) is 6.65. The highest BCUT2D eigenvalue weighted by Crippen LogP contribution is 2.28. The summed E-state index contributed by atoms with van der Waals surface area (Å²) in [5.74, 6) is 0.472. The number of imide groups is 1. The lowest BCUT2D eigenvalue weighted by Crippen LogP contribution is -2.53. The maximum Gasteiger partial charge on any atom is 0.251 e. The first-order chi connectivity index (χ1) is 12.6. The van der Waals surface area contributed by atoms with Crippen LogP contribution in [0.25, 0.3) is 0 Å². The van der Waals surface area contributed by atoms with Crippen LogP contribution in [0.2, 0.25) is 0 Å². The van der Waals surface area contributed by atoms with E-state index in [2.05, 4.69) is 19.8 Å². The molecular formula is C19H21N5O2. The molecule has 0 spiro atoms. The average molecular weight is 351 g/mol. The van der Waals surface area contributed by atoms with Crippen LogP contribution in [0.4, 0.5) is 11.6 Å². The number of hydrogen-bond donors (Lipinski definition) is 0. The minimum Gasteiger partial charge on any atom is -0.338 e. The molecule has 2 amide bonds. The zero-order valence-corrected chi connectivity index (χ0v) is 14.7. The lowest BCUT2D eigenvalue weighted by molar-refractivity contribution is -0.123. The molecule has 134 valence electrons. The average Bonchev–Trinajstić information content (AvgIpc) is 2.97. The Bertz CT molecular complexity index is 818. The number of amides is 2. The quantitative estimate of drug-likeness (QED) is 0.775. The summed E-state index contributed by atoms with van der Waals surface area (Å²) in [6.07, 6.45) is 3.71. The predicted octanol–water partition coefficient (Wildman–Crippen LogP) is 1.24. The van der Waals surface area contributed by atoms with Crippen molar-refractivity contribution in [3.63, 3.8) is 0 Å². The van der Waals surface area contributed by atoms with Crippen LogP contribution in [-0.4, -0.2) is 58.9 Å². The van der Waals surface area contributed by atoms with Gasteiger partial charge in [0.1, 0.15) is 0 Å². The van der Waals surface area contributed by atoms with E-state index in [1.165, 1.54) is 4.90 Å². The van der Waals surface area contributed by atoms with Gasteiger partial charge in [0.05, 0.1) is 18.2 Å². The van der Waals surface area contributed by atoms with E-state index in [-0.39, 0.29) is 24.3 Å². The molecule has 2 aliphatic heterocycles. The van der Waals surface area contributed by atoms with Gasteiger partial charge in [-0.15, -0.1) is 0 Å². The minimum atomic E-state index is -0.374. The third-order valence-electron chi connectivity index (χ3n) is 5.07. The lowest BCUT2D eigenvalue weighted by atomic mass is 10.1. The van der Waals surface area contributed by atoms with Crippen molar-refractivity contribution in [2.45, 2.75) is 19.4 Å². The van der Waals surface area contributed by atoms with Crippen LogP contribution in [0, 0.1) is 6.92 Å². The molecule has 26 heavy (non-hydrogen) atoms. The number of aromatic nitrogens is 2. The predicted molar refractivity (Wildman–Crippen MR) is 97.9 cm³/mol. The number of carbonyl (C=O) groups is 2. The fourth-order valence-corrected chi connectivity index (χ4v) is 3.66. The molecule has 7 heteroatoms. The van der Waals surface area contributed by atoms with Gasteiger partial charge in [0.25, 0.3) is 5.91 Å². The van der Waals surface area contributed by atoms with Crippen molar-refractivity contribution >= 4 is 23.5 Å². The first-order valence-electron chi connectivity index (χ1n) is 8.83. The number of piperazine rings is 1. The summed E-state index contributed by atoms with van der Waals surface area (Å²) < 4.78 is 0. The Balaban J connectivity index is 1.46. The second-order valence-corrected chi connectivity index (χ2v) is 6.65. The summed E-state index contributed by atoms with van der Waals surface area (Å²) in [5, 5.41) is 0. The van der Waals surface area contributed by atoms with Crippen molar-refractivity contribution in [2.24, 2.45) is 0 Å². The fraction of sp³-hybridized carbons (Fsp3) is 0.368. The van der Waals surface area contributed by atoms with Crippen LogP contribution in [0.3, 0.4) is 0 Å². The normalized spacial score (nSPS) is 21.5. The molecule has 0 unspecified atom stereocenters. The summed E-state index contributed by atoms with van der Waals surface area (Å²) in [7, 11) is 0. The first kappa shape index (κ1) is 16.7. The van der Waals surface area contributed by atoms with Gasteiger partial charge >= 0.3 is 0 Å². The van der Waals surface area contributed by atoms with Crippen molar-refractivity contribution in [2.75, 3.05) is 36.0 Å². The molecule has 2 aliphatic rings. The Morgan fingerprint density at radius 2 is 1.65 bits per heavy atom. The van der Waals surface area contributed by atoms with Gasteiger partial charge in [-0.05, 0) is 24.6 Å². The van der Waals surface area contributed by atoms with Gasteiger partial charge in [-0.25, -0.2) is 14.9 Å². The Labute approximate surface area is 152 Å². The monoisotopic (exact) mass is 351 g/mol. The molecule has 4 rings (SSSR count). The number of aryl methyl sites for hydroxylation is 1. The number of benzene rings is 1. The van der Waals surface area contributed by atoms with E-state index in [1.807, 2.05) is 31.2 Å². The molecular weight excluding hydrogens is 330 g/mol. The summed E-state index contributed by atoms with van der Waals surface area (Å²) in [5.41, 5.74) is 1.63. The smallest absolute Gasteiger partial charge is 0.251 e. The van der Waals surface area contributed by atoms with E-state index in [4.69, 9.17) is 0 Å². The highest BCUT2D eigenvalue weighted by atomic mass is 16.2. The van der Waals surface area contributed by atoms with Gasteiger partial charge in [0.15, 0.2) is 0 Å². The zero-order chi connectivity index (χ0) is 18.1. The highest BCUT2D eigenvalue weighted by Gasteiger charge is 2.43. The van der Waals surface area contributed by atoms with E-state index < -0.39 is 0 Å². The van der Waals surface area contributed by atoms with Crippen molar-refractivity contribution in [1.29, 1.82) is 0 Å². The molecule has 0 bridgehead atoms. The largest absolute Gasteiger partial charge is 0.338 e. The third kappa shape index (κ3) is 2.94. The van der Waals surface area contributed by atoms with Crippen LogP contribution in [-0.2, 0) is 9.59 Å². The summed E-state index contributed by atoms with van der Waals surface area (Å²) in [6, 6.07) is 8.94. The Kier molecular flexibility index (Phi) is 4.38. The van der Waals surface area contributed by atoms with Crippen molar-refractivity contribution in [3.05, 3.63) is 48.3 Å². The van der Waals surface area contributed by atoms with Crippen LogP contribution in [0.1, 0.15) is 12.0 Å². The van der Waals surface area contributed by atoms with E-state index in [0.29, 0.717) is 24.7 Å². The fourth-order valence-electron chi connectivity index (χ4n) is 3.66. The first-order valence-corrected chi connectivity index (χ1v) is 8.83. The topological polar surface area (TPSA) is 69.6 Å². The standard InChI is InChI=1S/C19H21N5O2/c1-14-5-2-3-6-15(14)24-17(25)13-16(18(24)26)22-9-11-23(12-10-22)19-20-7-4-8-21-19/h2-8,16H,9-13H2,1H3/t16-/m1/s1. The minimum absolute atomic E-state index is 0.117. The number of rotatable bonds is 3. The molecule has 2 aromatic rings. The highest BCUT2D eigenvalue weighted by molar-refractivity contribution is 6.22. The number of nitrogens with zero attached hydrogens (tertiary/aromatic N) is 5. The maximum atomic E-state index is 12.9. The molecule has 0 aliphatic carbocycles. The summed E-state index contributed by atoms with van der Waals surface area (Å²) in [4.78, 5) is 39.6. The lowest BCUT2D eigenvalue weighted by Gasteiger charge is -2.36. The third-order valence-corrected chi connectivity index (χ3v) is 5.07. The van der Waals surface area contributed by atoms with Crippen LogP contribution in [0.5, 0.6) is 0 Å². The SMILES string of the molecule is Cc1ccccc1N1C(=O)C[C@@H](N2CCN(c3ncccn3)CC2)C1=O. The Morgan fingerprint density at radius 1 is 0.962 bits per heavy atom. The van der Waals surface area contributed by atoms with Gasteiger partial charge in [0.2, 0.25) is 11.9 Å². The Morgan fingerprint density at radius 3 is 2.35 bits per heavy atom. The molecule has 7 nitrogen and oxygen atoms in total. The van der Waals surface area contributed by atoms with Gasteiger partial charge in [0, 0.05) is 38.6 Å². The molecule has 2 fully saturated rings. The van der Waals surface area contributed by atoms with Crippen molar-refractivity contribution < 1.29 is 9.59 Å². The van der Waals surface area contributed by atoms with E-state index in [0.717, 1.165) is 18.7 Å². The van der Waals surface area contributed by atoms with Gasteiger partial charge < -0.3 is 4.90 Å². The van der Waals surface area contributed by atoms with Gasteiger partial charge in [-0.1, -0.05) is 18.2 Å². The molecule has 2 saturated heterocycles. The van der Waals surface area contributed by atoms with Crippen LogP contribution in [0.15, 0.2) is 42.7 Å². The van der Waals surface area contributed by atoms with Gasteiger partial charge in [-0.2, -0.15) is 0 Å². The summed E-state index contributed by atoms with van der Waals surface area (Å²) >= 11 is 0. The summed E-state index contributed by atoms with van der Waals surface area (Å²) in [6.45, 7) is 4.83. The van der Waals surface area contributed by atoms with Gasteiger partial charge in [-0.3, -0.25) is 14.5 Å². The number of para-hydroxylation sites is 1. The molecule has 1 aromatic carbocycles. The van der Waals surface area contributed by atoms with Crippen LogP contribution >= 0.6 is 0 Å². The zero-order valence-electron chi connectivity index (χ0n) is 14.7. The maximum absolute atomic E-state index is 12.9. The molecule has 3 heterocycles. The van der Waals surface area contributed by atoms with E-state index in [1.54, 1.807) is 18.5 Å². The Hall–Kier alpha value is -2.80. The molecule has 1 atom stereocenters. The molecule has 0 N–H and O–H groups in total. The van der Waals surface area contributed by atoms with E-state index in [9.17, 15) is 9.59 Å².